The summed E-state index contributed by atoms with van der Waals surface area (Å²) in [5, 5.41) is 0. The summed E-state index contributed by atoms with van der Waals surface area (Å²) < 4.78 is 17.6. The van der Waals surface area contributed by atoms with Crippen LogP contribution in [0.3, 0.4) is 0 Å². The molecule has 0 bridgehead atoms. The van der Waals surface area contributed by atoms with Crippen LogP contribution in [-0.4, -0.2) is 13.2 Å². The molecule has 230 valence electrons. The van der Waals surface area contributed by atoms with Crippen LogP contribution >= 0.6 is 0 Å². The van der Waals surface area contributed by atoms with Crippen LogP contribution in [0.4, 0.5) is 0 Å². The molecule has 0 N–H and O–H groups in total. The highest BCUT2D eigenvalue weighted by Gasteiger charge is 2.03. The van der Waals surface area contributed by atoms with Gasteiger partial charge in [0.15, 0.2) is 5.75 Å². The normalized spacial score (nSPS) is 11.0. The molecule has 2 aromatic carbocycles. The van der Waals surface area contributed by atoms with E-state index in [1.54, 1.807) is 12.1 Å². The van der Waals surface area contributed by atoms with Gasteiger partial charge in [0.25, 0.3) is 0 Å². The lowest BCUT2D eigenvalue weighted by Crippen LogP contribution is -2.04. The molecule has 0 amide bonds. The molecule has 4 nitrogen and oxygen atoms in total. The average Bonchev–Trinajstić information content (AvgIpc) is 3.17. The van der Waals surface area contributed by atoms with Crippen LogP contribution in [0.1, 0.15) is 141 Å². The number of hydrogen-bond donors (Lipinski definition) is 0. The van der Waals surface area contributed by atoms with Crippen molar-refractivity contribution in [3.05, 3.63) is 64.3 Å². The quantitative estimate of drug-likeness (QED) is 0.106. The Labute approximate surface area is 251 Å². The van der Waals surface area contributed by atoms with Gasteiger partial charge >= 0.3 is 0 Å². The van der Waals surface area contributed by atoms with Gasteiger partial charge in [-0.1, -0.05) is 135 Å². The highest BCUT2D eigenvalue weighted by atomic mass is 16.5. The number of rotatable bonds is 26. The third-order valence-electron chi connectivity index (χ3n) is 7.64. The van der Waals surface area contributed by atoms with Crippen molar-refractivity contribution in [2.75, 3.05) is 13.2 Å². The molecule has 2 rings (SSSR count). The van der Waals surface area contributed by atoms with Crippen molar-refractivity contribution in [1.29, 1.82) is 0 Å². The molecule has 0 saturated carbocycles. The second kappa shape index (κ2) is 24.1. The Morgan fingerprint density at radius 1 is 0.439 bits per heavy atom. The first kappa shape index (κ1) is 34.7. The van der Waals surface area contributed by atoms with Crippen LogP contribution in [0.15, 0.2) is 53.3 Å². The van der Waals surface area contributed by atoms with Crippen LogP contribution in [0.25, 0.3) is 0 Å². The predicted octanol–water partition coefficient (Wildman–Crippen LogP) is 10.8. The lowest BCUT2D eigenvalue weighted by atomic mass is 10.1. The van der Waals surface area contributed by atoms with E-state index in [-0.39, 0.29) is 5.43 Å². The van der Waals surface area contributed by atoms with Crippen LogP contribution in [-0.2, 0) is 6.61 Å². The Morgan fingerprint density at radius 2 is 0.829 bits per heavy atom. The van der Waals surface area contributed by atoms with Crippen molar-refractivity contribution >= 4 is 0 Å². The zero-order valence-corrected chi connectivity index (χ0v) is 26.3. The monoisotopic (exact) mass is 566 g/mol. The molecule has 4 heteroatoms. The number of benzene rings is 1. The van der Waals surface area contributed by atoms with Crippen LogP contribution in [0.5, 0.6) is 17.2 Å². The molecule has 0 spiro atoms. The molecule has 0 heterocycles. The smallest absolute Gasteiger partial charge is 0.220 e. The minimum atomic E-state index is -0.139. The molecule has 0 radical (unpaired) electrons. The van der Waals surface area contributed by atoms with Crippen molar-refractivity contribution < 1.29 is 14.2 Å². The molecule has 0 aliphatic heterocycles. The number of unbranched alkanes of at least 4 members (excludes halogenated alkanes) is 17. The van der Waals surface area contributed by atoms with Gasteiger partial charge in [0.05, 0.1) is 13.2 Å². The van der Waals surface area contributed by atoms with E-state index in [1.165, 1.54) is 115 Å². The maximum Gasteiger partial charge on any atom is 0.220 e. The van der Waals surface area contributed by atoms with Crippen molar-refractivity contribution in [2.24, 2.45) is 0 Å². The largest absolute Gasteiger partial charge is 0.494 e. The maximum atomic E-state index is 12.5. The Hall–Kier alpha value is -2.49. The SMILES string of the molecule is CCCCCCCCCCCCOc1ccc(COc2ccc(OCCCCCCCCCCC)ccc2=O)cc1. The molecule has 0 aliphatic rings. The first-order valence-electron chi connectivity index (χ1n) is 16.8. The molecule has 0 aliphatic carbocycles. The van der Waals surface area contributed by atoms with Crippen molar-refractivity contribution in [2.45, 2.75) is 142 Å². The van der Waals surface area contributed by atoms with E-state index in [1.807, 2.05) is 30.3 Å². The molecule has 0 unspecified atom stereocenters. The molecule has 0 saturated heterocycles. The molecule has 0 aromatic heterocycles. The van der Waals surface area contributed by atoms with E-state index in [4.69, 9.17) is 14.2 Å². The minimum Gasteiger partial charge on any atom is -0.494 e. The van der Waals surface area contributed by atoms with Crippen LogP contribution in [0.2, 0.25) is 0 Å². The molecule has 2 aromatic rings. The Morgan fingerprint density at radius 3 is 1.29 bits per heavy atom. The molecular weight excluding hydrogens is 508 g/mol. The summed E-state index contributed by atoms with van der Waals surface area (Å²) in [6.07, 6.45) is 24.8. The highest BCUT2D eigenvalue weighted by Crippen LogP contribution is 2.17. The second-order valence-electron chi connectivity index (χ2n) is 11.4. The van der Waals surface area contributed by atoms with Gasteiger partial charge in [-0.3, -0.25) is 4.79 Å². The summed E-state index contributed by atoms with van der Waals surface area (Å²) in [7, 11) is 0. The summed E-state index contributed by atoms with van der Waals surface area (Å²) >= 11 is 0. The van der Waals surface area contributed by atoms with Gasteiger partial charge in [0.2, 0.25) is 5.43 Å². The third kappa shape index (κ3) is 17.8. The lowest BCUT2D eigenvalue weighted by Gasteiger charge is -2.08. The molecule has 0 atom stereocenters. The fourth-order valence-corrected chi connectivity index (χ4v) is 4.98. The van der Waals surface area contributed by atoms with Crippen molar-refractivity contribution in [3.63, 3.8) is 0 Å². The van der Waals surface area contributed by atoms with Gasteiger partial charge in [-0.2, -0.15) is 0 Å². The van der Waals surface area contributed by atoms with E-state index in [0.29, 0.717) is 24.7 Å². The van der Waals surface area contributed by atoms with Gasteiger partial charge in [0.1, 0.15) is 18.1 Å². The average molecular weight is 567 g/mol. The Bertz CT molecular complexity index is 940. The summed E-state index contributed by atoms with van der Waals surface area (Å²) in [6.45, 7) is 6.31. The standard InChI is InChI=1S/C37H58O4/c1-3-5-7-9-11-13-15-17-19-20-30-39-34-24-22-33(23-25-34)32-41-37-29-27-35(26-28-36(37)38)40-31-21-18-16-14-12-10-8-6-4-2/h22-29H,3-21,30-32H2,1-2H3. The van der Waals surface area contributed by atoms with E-state index < -0.39 is 0 Å². The fourth-order valence-electron chi connectivity index (χ4n) is 4.98. The fraction of sp³-hybridized carbons (Fsp3) is 0.649. The summed E-state index contributed by atoms with van der Waals surface area (Å²) in [5.74, 6) is 1.93. The topological polar surface area (TPSA) is 44.8 Å². The zero-order valence-electron chi connectivity index (χ0n) is 26.3. The van der Waals surface area contributed by atoms with Gasteiger partial charge in [0, 0.05) is 0 Å². The molecule has 41 heavy (non-hydrogen) atoms. The van der Waals surface area contributed by atoms with Crippen molar-refractivity contribution in [3.8, 4) is 17.2 Å². The zero-order chi connectivity index (χ0) is 29.2. The molecule has 0 fully saturated rings. The van der Waals surface area contributed by atoms with Gasteiger partial charge < -0.3 is 14.2 Å². The number of ether oxygens (including phenoxy) is 3. The van der Waals surface area contributed by atoms with Crippen LogP contribution in [0, 0.1) is 0 Å². The number of hydrogen-bond acceptors (Lipinski definition) is 4. The van der Waals surface area contributed by atoms with E-state index in [9.17, 15) is 4.79 Å². The highest BCUT2D eigenvalue weighted by molar-refractivity contribution is 5.30. The van der Waals surface area contributed by atoms with Crippen LogP contribution < -0.4 is 19.6 Å². The summed E-state index contributed by atoms with van der Waals surface area (Å²) in [6, 6.07) is 14.8. The Kier molecular flexibility index (Phi) is 20.4. The third-order valence-corrected chi connectivity index (χ3v) is 7.64. The van der Waals surface area contributed by atoms with E-state index in [2.05, 4.69) is 13.8 Å². The van der Waals surface area contributed by atoms with E-state index in [0.717, 1.165) is 30.8 Å². The maximum absolute atomic E-state index is 12.5. The summed E-state index contributed by atoms with van der Waals surface area (Å²) in [4.78, 5) is 12.5. The first-order valence-corrected chi connectivity index (χ1v) is 16.8. The van der Waals surface area contributed by atoms with Gasteiger partial charge in [-0.05, 0) is 54.8 Å². The summed E-state index contributed by atoms with van der Waals surface area (Å²) in [5.41, 5.74) is 0.864. The minimum absolute atomic E-state index is 0.139. The molecular formula is C37H58O4. The van der Waals surface area contributed by atoms with E-state index >= 15 is 0 Å². The predicted molar refractivity (Wildman–Crippen MR) is 174 cm³/mol. The van der Waals surface area contributed by atoms with Gasteiger partial charge in [-0.15, -0.1) is 0 Å². The van der Waals surface area contributed by atoms with Gasteiger partial charge in [-0.25, -0.2) is 0 Å². The van der Waals surface area contributed by atoms with Crippen molar-refractivity contribution in [1.82, 2.24) is 0 Å². The first-order chi connectivity index (χ1) is 20.2. The second-order valence-corrected chi connectivity index (χ2v) is 11.4. The lowest BCUT2D eigenvalue weighted by molar-refractivity contribution is 0.298. The Balaban J connectivity index is 1.58.